The van der Waals surface area contributed by atoms with Crippen LogP contribution in [0.2, 0.25) is 0 Å². The van der Waals surface area contributed by atoms with Gasteiger partial charge in [0, 0.05) is 0 Å². The van der Waals surface area contributed by atoms with Gasteiger partial charge in [0.15, 0.2) is 0 Å². The predicted octanol–water partition coefficient (Wildman–Crippen LogP) is 2.20. The Bertz CT molecular complexity index is 67.9. The molecule has 0 aromatic carbocycles. The van der Waals surface area contributed by atoms with E-state index in [2.05, 4.69) is 0 Å². The summed E-state index contributed by atoms with van der Waals surface area (Å²) in [5.74, 6) is 0.529. The molecule has 0 aromatic rings. The lowest BCUT2D eigenvalue weighted by Gasteiger charge is -1.85. The van der Waals surface area contributed by atoms with Crippen LogP contribution in [0.25, 0.3) is 0 Å². The lowest BCUT2D eigenvalue weighted by Crippen LogP contribution is -1.81. The SMILES string of the molecule is C[C@@H]1CC1(Cl)Cl. The van der Waals surface area contributed by atoms with Crippen LogP contribution in [0.4, 0.5) is 0 Å². The quantitative estimate of drug-likeness (QED) is 0.435. The van der Waals surface area contributed by atoms with Crippen molar-refractivity contribution in [2.24, 2.45) is 5.92 Å². The first-order valence-corrected chi connectivity index (χ1v) is 2.76. The second-order valence-electron chi connectivity index (χ2n) is 1.87. The van der Waals surface area contributed by atoms with Crippen LogP contribution in [0.15, 0.2) is 0 Å². The summed E-state index contributed by atoms with van der Waals surface area (Å²) in [7, 11) is 0. The van der Waals surface area contributed by atoms with Gasteiger partial charge in [-0.3, -0.25) is 0 Å². The van der Waals surface area contributed by atoms with Gasteiger partial charge in [0.25, 0.3) is 0 Å². The molecule has 1 aliphatic carbocycles. The molecule has 0 aliphatic heterocycles. The Morgan fingerprint density at radius 1 is 1.67 bits per heavy atom. The van der Waals surface area contributed by atoms with E-state index in [9.17, 15) is 0 Å². The third-order valence-corrected chi connectivity index (χ3v) is 2.19. The summed E-state index contributed by atoms with van der Waals surface area (Å²) in [5, 5.41) is 0. The van der Waals surface area contributed by atoms with E-state index in [1.165, 1.54) is 0 Å². The van der Waals surface area contributed by atoms with Crippen LogP contribution in [0.3, 0.4) is 0 Å². The van der Waals surface area contributed by atoms with Crippen molar-refractivity contribution in [3.8, 4) is 0 Å². The summed E-state index contributed by atoms with van der Waals surface area (Å²) in [6, 6.07) is 0. The summed E-state index contributed by atoms with van der Waals surface area (Å²) >= 11 is 11.1. The minimum atomic E-state index is -0.347. The van der Waals surface area contributed by atoms with E-state index in [1.54, 1.807) is 0 Å². The van der Waals surface area contributed by atoms with E-state index in [-0.39, 0.29) is 4.33 Å². The van der Waals surface area contributed by atoms with Crippen molar-refractivity contribution in [3.63, 3.8) is 0 Å². The third kappa shape index (κ3) is 0.640. The van der Waals surface area contributed by atoms with Crippen molar-refractivity contribution in [2.45, 2.75) is 17.7 Å². The molecule has 0 spiro atoms. The number of hydrogen-bond donors (Lipinski definition) is 0. The lowest BCUT2D eigenvalue weighted by atomic mass is 10.5. The van der Waals surface area contributed by atoms with Gasteiger partial charge in [-0.25, -0.2) is 0 Å². The van der Waals surface area contributed by atoms with Gasteiger partial charge in [0.1, 0.15) is 4.33 Å². The molecule has 0 bridgehead atoms. The number of hydrogen-bond acceptors (Lipinski definition) is 0. The van der Waals surface area contributed by atoms with Gasteiger partial charge in [-0.05, 0) is 12.3 Å². The minimum Gasteiger partial charge on any atom is -0.101 e. The molecule has 0 heterocycles. The summed E-state index contributed by atoms with van der Waals surface area (Å²) < 4.78 is -0.347. The maximum Gasteiger partial charge on any atom is 0.121 e. The van der Waals surface area contributed by atoms with Crippen molar-refractivity contribution in [2.75, 3.05) is 0 Å². The van der Waals surface area contributed by atoms with E-state index in [4.69, 9.17) is 23.2 Å². The average molecular weight is 125 g/mol. The fourth-order valence-electron chi connectivity index (χ4n) is 0.349. The highest BCUT2D eigenvalue weighted by molar-refractivity contribution is 6.50. The second kappa shape index (κ2) is 1.05. The molecule has 1 saturated carbocycles. The van der Waals surface area contributed by atoms with Crippen LogP contribution in [-0.4, -0.2) is 4.33 Å². The Labute approximate surface area is 47.4 Å². The fraction of sp³-hybridized carbons (Fsp3) is 1.00. The zero-order valence-electron chi connectivity index (χ0n) is 3.54. The Hall–Kier alpha value is 0.580. The first kappa shape index (κ1) is 4.73. The Balaban J connectivity index is 2.41. The predicted molar refractivity (Wildman–Crippen MR) is 28.2 cm³/mol. The van der Waals surface area contributed by atoms with E-state index in [0.717, 1.165) is 6.42 Å². The lowest BCUT2D eigenvalue weighted by molar-refractivity contribution is 0.963. The molecule has 36 valence electrons. The summed E-state index contributed by atoms with van der Waals surface area (Å²) in [6.07, 6.45) is 0.968. The summed E-state index contributed by atoms with van der Waals surface area (Å²) in [4.78, 5) is 0. The highest BCUT2D eigenvalue weighted by atomic mass is 35.5. The molecule has 6 heavy (non-hydrogen) atoms. The monoisotopic (exact) mass is 124 g/mol. The first-order valence-electron chi connectivity index (χ1n) is 2.01. The second-order valence-corrected chi connectivity index (χ2v) is 3.41. The van der Waals surface area contributed by atoms with Crippen LogP contribution >= 0.6 is 23.2 Å². The van der Waals surface area contributed by atoms with Gasteiger partial charge in [0.05, 0.1) is 0 Å². The molecule has 1 atom stereocenters. The van der Waals surface area contributed by atoms with Gasteiger partial charge in [0.2, 0.25) is 0 Å². The minimum absolute atomic E-state index is 0.347. The molecule has 0 radical (unpaired) electrons. The van der Waals surface area contributed by atoms with E-state index < -0.39 is 0 Å². The van der Waals surface area contributed by atoms with Crippen molar-refractivity contribution >= 4 is 23.2 Å². The molecular weight excluding hydrogens is 119 g/mol. The molecule has 0 unspecified atom stereocenters. The molecule has 1 rings (SSSR count). The van der Waals surface area contributed by atoms with Crippen molar-refractivity contribution in [1.29, 1.82) is 0 Å². The van der Waals surface area contributed by atoms with Gasteiger partial charge in [-0.2, -0.15) is 0 Å². The van der Waals surface area contributed by atoms with Crippen LogP contribution in [0.1, 0.15) is 13.3 Å². The third-order valence-electron chi connectivity index (χ3n) is 1.14. The Morgan fingerprint density at radius 3 is 1.83 bits per heavy atom. The first-order chi connectivity index (χ1) is 2.63. The molecular formula is C4H6Cl2. The van der Waals surface area contributed by atoms with Crippen molar-refractivity contribution in [1.82, 2.24) is 0 Å². The smallest absolute Gasteiger partial charge is 0.101 e. The number of halogens is 2. The largest absolute Gasteiger partial charge is 0.121 e. The van der Waals surface area contributed by atoms with Crippen LogP contribution < -0.4 is 0 Å². The highest BCUT2D eigenvalue weighted by Crippen LogP contribution is 2.52. The molecule has 0 saturated heterocycles. The normalized spacial score (nSPS) is 39.5. The molecule has 0 nitrogen and oxygen atoms in total. The molecule has 2 heteroatoms. The van der Waals surface area contributed by atoms with Gasteiger partial charge in [-0.1, -0.05) is 6.92 Å². The van der Waals surface area contributed by atoms with Gasteiger partial charge >= 0.3 is 0 Å². The molecule has 0 N–H and O–H groups in total. The molecule has 1 aliphatic rings. The number of alkyl halides is 2. The van der Waals surface area contributed by atoms with E-state index in [1.807, 2.05) is 6.92 Å². The van der Waals surface area contributed by atoms with Crippen LogP contribution in [0.5, 0.6) is 0 Å². The Morgan fingerprint density at radius 2 is 1.83 bits per heavy atom. The highest BCUT2D eigenvalue weighted by Gasteiger charge is 2.47. The van der Waals surface area contributed by atoms with E-state index in [0.29, 0.717) is 5.92 Å². The fourth-order valence-corrected chi connectivity index (χ4v) is 0.812. The van der Waals surface area contributed by atoms with Crippen molar-refractivity contribution < 1.29 is 0 Å². The van der Waals surface area contributed by atoms with E-state index >= 15 is 0 Å². The molecule has 0 amide bonds. The Kier molecular flexibility index (Phi) is 0.825. The summed E-state index contributed by atoms with van der Waals surface area (Å²) in [5.41, 5.74) is 0. The van der Waals surface area contributed by atoms with Gasteiger partial charge < -0.3 is 0 Å². The summed E-state index contributed by atoms with van der Waals surface area (Å²) in [6.45, 7) is 2.04. The number of rotatable bonds is 0. The maximum atomic E-state index is 5.56. The topological polar surface area (TPSA) is 0 Å². The zero-order chi connectivity index (χ0) is 4.78. The molecule has 1 fully saturated rings. The molecule has 0 aromatic heterocycles. The standard InChI is InChI=1S/C4H6Cl2/c1-3-2-4(3,5)6/h3H,2H2,1H3/t3-/m1/s1. The van der Waals surface area contributed by atoms with Crippen molar-refractivity contribution in [3.05, 3.63) is 0 Å². The van der Waals surface area contributed by atoms with Crippen LogP contribution in [0, 0.1) is 5.92 Å². The van der Waals surface area contributed by atoms with Gasteiger partial charge in [-0.15, -0.1) is 23.2 Å². The maximum absolute atomic E-state index is 5.56. The zero-order valence-corrected chi connectivity index (χ0v) is 5.05. The van der Waals surface area contributed by atoms with Crippen LogP contribution in [-0.2, 0) is 0 Å². The average Bonchev–Trinajstić information content (AvgIpc) is 1.73.